The molecule has 9 heteroatoms. The molecule has 0 radical (unpaired) electrons. The highest BCUT2D eigenvalue weighted by Gasteiger charge is 2.51. The van der Waals surface area contributed by atoms with Crippen LogP contribution in [0.3, 0.4) is 0 Å². The second-order valence-corrected chi connectivity index (χ2v) is 10.1. The molecule has 3 heterocycles. The number of nitrogens with one attached hydrogen (secondary N) is 1. The van der Waals surface area contributed by atoms with Crippen LogP contribution in [-0.4, -0.2) is 37.5 Å². The lowest BCUT2D eigenvalue weighted by molar-refractivity contribution is -0.125. The molecule has 2 amide bonds. The fraction of sp³-hybridized carbons (Fsp3) is 0.440. The van der Waals surface area contributed by atoms with Gasteiger partial charge in [0.05, 0.1) is 30.0 Å². The quantitative estimate of drug-likeness (QED) is 0.732. The molecule has 0 spiro atoms. The van der Waals surface area contributed by atoms with E-state index >= 15 is 0 Å². The Hall–Kier alpha value is -3.62. The van der Waals surface area contributed by atoms with Crippen molar-refractivity contribution in [2.45, 2.75) is 60.1 Å². The molecule has 0 aromatic carbocycles. The standard InChI is InChI=1S/C25H30N6O3/c1-15-26-10-17(11-27-15)16-7-8-19-20(9-16)31(22(32)25(19,5)6)18-12-28-21(29-13-18)14-30-23(33)34-24(2,3)4/h7,9-13,19H,8,14H2,1-6H3,(H,30,33). The van der Waals surface area contributed by atoms with Gasteiger partial charge in [0.25, 0.3) is 0 Å². The topological polar surface area (TPSA) is 110 Å². The molecular weight excluding hydrogens is 432 g/mol. The zero-order valence-electron chi connectivity index (χ0n) is 20.4. The summed E-state index contributed by atoms with van der Waals surface area (Å²) in [5.41, 5.74) is 2.26. The highest BCUT2D eigenvalue weighted by molar-refractivity contribution is 6.04. The number of aromatic nitrogens is 4. The van der Waals surface area contributed by atoms with Gasteiger partial charge in [0.1, 0.15) is 17.2 Å². The van der Waals surface area contributed by atoms with Gasteiger partial charge in [0, 0.05) is 29.6 Å². The number of nitrogens with zero attached hydrogens (tertiary/aromatic N) is 5. The number of rotatable bonds is 4. The molecule has 1 aliphatic carbocycles. The molecule has 0 saturated carbocycles. The smallest absolute Gasteiger partial charge is 0.408 e. The highest BCUT2D eigenvalue weighted by Crippen LogP contribution is 2.50. The van der Waals surface area contributed by atoms with E-state index in [1.807, 2.05) is 26.8 Å². The van der Waals surface area contributed by atoms with Gasteiger partial charge in [-0.05, 0) is 45.8 Å². The summed E-state index contributed by atoms with van der Waals surface area (Å²) in [6, 6.07) is 0. The number of hydrogen-bond acceptors (Lipinski definition) is 7. The summed E-state index contributed by atoms with van der Waals surface area (Å²) in [5, 5.41) is 2.64. The van der Waals surface area contributed by atoms with E-state index in [-0.39, 0.29) is 18.4 Å². The number of amides is 2. The van der Waals surface area contributed by atoms with E-state index in [4.69, 9.17) is 4.74 Å². The molecule has 34 heavy (non-hydrogen) atoms. The number of allylic oxidation sites excluding steroid dienone is 4. The van der Waals surface area contributed by atoms with E-state index in [0.717, 1.165) is 23.3 Å². The molecule has 178 valence electrons. The Kier molecular flexibility index (Phi) is 5.97. The summed E-state index contributed by atoms with van der Waals surface area (Å²) in [6.45, 7) is 11.3. The first kappa shape index (κ1) is 23.5. The molecule has 2 aromatic rings. The Morgan fingerprint density at radius 3 is 2.41 bits per heavy atom. The third-order valence-electron chi connectivity index (χ3n) is 5.97. The van der Waals surface area contributed by atoms with Crippen LogP contribution in [0.25, 0.3) is 5.57 Å². The van der Waals surface area contributed by atoms with Crippen LogP contribution in [0.5, 0.6) is 0 Å². The number of fused-ring (bicyclic) bond motifs is 1. The first-order valence-electron chi connectivity index (χ1n) is 11.3. The Morgan fingerprint density at radius 1 is 1.15 bits per heavy atom. The molecule has 0 bridgehead atoms. The van der Waals surface area contributed by atoms with Crippen molar-refractivity contribution in [2.24, 2.45) is 11.3 Å². The maximum absolute atomic E-state index is 13.4. The maximum Gasteiger partial charge on any atom is 0.408 e. The van der Waals surface area contributed by atoms with Crippen LogP contribution in [0.2, 0.25) is 0 Å². The summed E-state index contributed by atoms with van der Waals surface area (Å²) in [7, 11) is 0. The van der Waals surface area contributed by atoms with Crippen LogP contribution in [-0.2, 0) is 16.1 Å². The van der Waals surface area contributed by atoms with Crippen LogP contribution >= 0.6 is 0 Å². The molecule has 1 unspecified atom stereocenters. The Labute approximate surface area is 199 Å². The largest absolute Gasteiger partial charge is 0.444 e. The first-order chi connectivity index (χ1) is 16.0. The molecule has 1 atom stereocenters. The van der Waals surface area contributed by atoms with Crippen LogP contribution in [0.4, 0.5) is 10.5 Å². The van der Waals surface area contributed by atoms with Crippen LogP contribution in [0.1, 0.15) is 58.3 Å². The molecule has 4 rings (SSSR count). The molecule has 1 N–H and O–H groups in total. The van der Waals surface area contributed by atoms with Gasteiger partial charge in [-0.3, -0.25) is 9.69 Å². The van der Waals surface area contributed by atoms with Crippen LogP contribution in [0.15, 0.2) is 42.6 Å². The zero-order chi connectivity index (χ0) is 24.7. The van der Waals surface area contributed by atoms with E-state index in [1.54, 1.807) is 50.5 Å². The second kappa shape index (κ2) is 8.62. The molecule has 9 nitrogen and oxygen atoms in total. The summed E-state index contributed by atoms with van der Waals surface area (Å²) in [6.07, 6.45) is 11.2. The normalized spacial score (nSPS) is 19.3. The van der Waals surface area contributed by atoms with Crippen molar-refractivity contribution >= 4 is 23.3 Å². The molecule has 2 aliphatic rings. The van der Waals surface area contributed by atoms with Crippen molar-refractivity contribution < 1.29 is 14.3 Å². The van der Waals surface area contributed by atoms with Crippen molar-refractivity contribution in [3.05, 3.63) is 59.8 Å². The minimum atomic E-state index is -0.583. The van der Waals surface area contributed by atoms with Gasteiger partial charge in [-0.1, -0.05) is 19.9 Å². The van der Waals surface area contributed by atoms with E-state index in [0.29, 0.717) is 17.3 Å². The zero-order valence-corrected chi connectivity index (χ0v) is 20.4. The van der Waals surface area contributed by atoms with Crippen molar-refractivity contribution in [1.82, 2.24) is 25.3 Å². The molecule has 2 aromatic heterocycles. The number of hydrogen-bond donors (Lipinski definition) is 1. The molecule has 1 fully saturated rings. The lowest BCUT2D eigenvalue weighted by Crippen LogP contribution is -2.33. The number of carbonyl (C=O) groups is 2. The molecule has 1 aliphatic heterocycles. The predicted octanol–water partition coefficient (Wildman–Crippen LogP) is 3.96. The van der Waals surface area contributed by atoms with E-state index in [9.17, 15) is 9.59 Å². The van der Waals surface area contributed by atoms with Crippen molar-refractivity contribution in [3.63, 3.8) is 0 Å². The minimum absolute atomic E-state index is 0.00165. The minimum Gasteiger partial charge on any atom is -0.444 e. The van der Waals surface area contributed by atoms with Gasteiger partial charge in [0.15, 0.2) is 0 Å². The lowest BCUT2D eigenvalue weighted by Gasteiger charge is -2.26. The lowest BCUT2D eigenvalue weighted by atomic mass is 9.75. The number of aryl methyl sites for hydroxylation is 1. The summed E-state index contributed by atoms with van der Waals surface area (Å²) in [4.78, 5) is 44.3. The average Bonchev–Trinajstić information content (AvgIpc) is 2.97. The summed E-state index contributed by atoms with van der Waals surface area (Å²) < 4.78 is 5.23. The van der Waals surface area contributed by atoms with Crippen LogP contribution in [0, 0.1) is 18.3 Å². The van der Waals surface area contributed by atoms with E-state index in [1.165, 1.54) is 0 Å². The van der Waals surface area contributed by atoms with Crippen molar-refractivity contribution in [1.29, 1.82) is 0 Å². The van der Waals surface area contributed by atoms with E-state index < -0.39 is 17.1 Å². The number of carbonyl (C=O) groups excluding carboxylic acids is 2. The Morgan fingerprint density at radius 2 is 1.79 bits per heavy atom. The average molecular weight is 463 g/mol. The van der Waals surface area contributed by atoms with E-state index in [2.05, 4.69) is 31.3 Å². The molecular formula is C25H30N6O3. The number of anilines is 1. The van der Waals surface area contributed by atoms with Gasteiger partial charge >= 0.3 is 6.09 Å². The number of alkyl carbamates (subject to hydrolysis) is 1. The SMILES string of the molecule is Cc1ncc(C2=CCC3C(=C2)N(c2cnc(CNC(=O)OC(C)(C)C)nc2)C(=O)C3(C)C)cn1. The fourth-order valence-corrected chi connectivity index (χ4v) is 4.15. The Balaban J connectivity index is 1.56. The van der Waals surface area contributed by atoms with Crippen molar-refractivity contribution in [2.75, 3.05) is 4.90 Å². The van der Waals surface area contributed by atoms with Crippen LogP contribution < -0.4 is 10.2 Å². The van der Waals surface area contributed by atoms with Crippen molar-refractivity contribution in [3.8, 4) is 0 Å². The Bertz CT molecular complexity index is 1160. The fourth-order valence-electron chi connectivity index (χ4n) is 4.15. The third-order valence-corrected chi connectivity index (χ3v) is 5.97. The molecule has 1 saturated heterocycles. The van der Waals surface area contributed by atoms with Gasteiger partial charge in [-0.15, -0.1) is 0 Å². The van der Waals surface area contributed by atoms with Gasteiger partial charge in [-0.2, -0.15) is 0 Å². The van der Waals surface area contributed by atoms with Gasteiger partial charge in [0.2, 0.25) is 5.91 Å². The predicted molar refractivity (Wildman–Crippen MR) is 127 cm³/mol. The second-order valence-electron chi connectivity index (χ2n) is 10.1. The highest BCUT2D eigenvalue weighted by atomic mass is 16.6. The third kappa shape index (κ3) is 4.69. The summed E-state index contributed by atoms with van der Waals surface area (Å²) in [5.74, 6) is 1.18. The maximum atomic E-state index is 13.4. The monoisotopic (exact) mass is 462 g/mol. The summed E-state index contributed by atoms with van der Waals surface area (Å²) >= 11 is 0. The van der Waals surface area contributed by atoms with Gasteiger partial charge in [-0.25, -0.2) is 24.7 Å². The van der Waals surface area contributed by atoms with Gasteiger partial charge < -0.3 is 10.1 Å². The number of ether oxygens (including phenoxy) is 1. The first-order valence-corrected chi connectivity index (χ1v) is 11.3.